The van der Waals surface area contributed by atoms with Gasteiger partial charge >= 0.3 is 0 Å². The summed E-state index contributed by atoms with van der Waals surface area (Å²) in [6, 6.07) is 8.71. The summed E-state index contributed by atoms with van der Waals surface area (Å²) in [6.07, 6.45) is 4.54. The minimum absolute atomic E-state index is 0.216. The van der Waals surface area contributed by atoms with Gasteiger partial charge in [0.1, 0.15) is 17.8 Å². The van der Waals surface area contributed by atoms with Crippen molar-refractivity contribution in [2.24, 2.45) is 0 Å². The molecule has 8 heteroatoms. The van der Waals surface area contributed by atoms with Gasteiger partial charge in [-0.05, 0) is 24.3 Å². The molecule has 0 spiro atoms. The monoisotopic (exact) mass is 347 g/mol. The van der Waals surface area contributed by atoms with Crippen LogP contribution in [0.4, 0.5) is 17.2 Å². The van der Waals surface area contributed by atoms with Crippen LogP contribution in [-0.4, -0.2) is 15.0 Å². The normalized spacial score (nSPS) is 10.3. The molecule has 6 nitrogen and oxygen atoms in total. The topological polar surface area (TPSA) is 86.0 Å². The number of halogens is 2. The highest BCUT2D eigenvalue weighted by Gasteiger charge is 2.12. The van der Waals surface area contributed by atoms with Crippen LogP contribution in [0.1, 0.15) is 0 Å². The second-order valence-corrected chi connectivity index (χ2v) is 5.24. The maximum atomic E-state index is 6.15. The molecule has 0 aliphatic rings. The number of rotatable bonds is 4. The molecule has 3 N–H and O–H groups in total. The van der Waals surface area contributed by atoms with Gasteiger partial charge in [0, 0.05) is 6.20 Å². The van der Waals surface area contributed by atoms with E-state index in [1.807, 2.05) is 0 Å². The summed E-state index contributed by atoms with van der Waals surface area (Å²) in [6.45, 7) is 0. The van der Waals surface area contributed by atoms with Crippen molar-refractivity contribution in [2.45, 2.75) is 0 Å². The number of benzene rings is 1. The van der Waals surface area contributed by atoms with Crippen molar-refractivity contribution >= 4 is 40.4 Å². The van der Waals surface area contributed by atoms with Crippen LogP contribution in [-0.2, 0) is 0 Å². The molecule has 0 unspecified atom stereocenters. The first-order valence-electron chi connectivity index (χ1n) is 6.54. The summed E-state index contributed by atoms with van der Waals surface area (Å²) in [4.78, 5) is 12.1. The predicted octanol–water partition coefficient (Wildman–Crippen LogP) is 4.30. The highest BCUT2D eigenvalue weighted by atomic mass is 35.5. The molecule has 0 radical (unpaired) electrons. The standard InChI is InChI=1S/C15H11Cl2N5O/c16-10-4-1-5-11(12(10)17)22-14-13(18)15(21-8-20-14)23-9-3-2-6-19-7-9/h1-8H,18H2,(H,20,21,22). The van der Waals surface area contributed by atoms with Crippen LogP contribution in [0, 0.1) is 0 Å². The fraction of sp³-hybridized carbons (Fsp3) is 0. The van der Waals surface area contributed by atoms with Crippen LogP contribution in [0.5, 0.6) is 11.6 Å². The Morgan fingerprint density at radius 3 is 2.74 bits per heavy atom. The van der Waals surface area contributed by atoms with Gasteiger partial charge in [0.15, 0.2) is 5.82 Å². The molecule has 0 fully saturated rings. The molecule has 3 aromatic rings. The molecule has 0 amide bonds. The Hall–Kier alpha value is -2.57. The van der Waals surface area contributed by atoms with E-state index in [9.17, 15) is 0 Å². The first-order chi connectivity index (χ1) is 11.1. The van der Waals surface area contributed by atoms with Crippen molar-refractivity contribution in [1.82, 2.24) is 15.0 Å². The van der Waals surface area contributed by atoms with Crippen molar-refractivity contribution in [2.75, 3.05) is 11.1 Å². The van der Waals surface area contributed by atoms with E-state index in [-0.39, 0.29) is 11.6 Å². The number of nitrogens with one attached hydrogen (secondary N) is 1. The van der Waals surface area contributed by atoms with Gasteiger partial charge in [-0.2, -0.15) is 4.98 Å². The number of nitrogens with zero attached hydrogens (tertiary/aromatic N) is 3. The largest absolute Gasteiger partial charge is 0.435 e. The Balaban J connectivity index is 1.89. The van der Waals surface area contributed by atoms with Crippen molar-refractivity contribution < 1.29 is 4.74 Å². The van der Waals surface area contributed by atoms with Crippen LogP contribution < -0.4 is 15.8 Å². The van der Waals surface area contributed by atoms with E-state index in [1.54, 1.807) is 42.7 Å². The zero-order valence-corrected chi connectivity index (χ0v) is 13.2. The van der Waals surface area contributed by atoms with E-state index >= 15 is 0 Å². The molecular weight excluding hydrogens is 337 g/mol. The molecule has 0 saturated carbocycles. The fourth-order valence-electron chi connectivity index (χ4n) is 1.81. The summed E-state index contributed by atoms with van der Waals surface area (Å²) in [5.74, 6) is 1.10. The first kappa shape index (κ1) is 15.3. The van der Waals surface area contributed by atoms with Gasteiger partial charge in [0.2, 0.25) is 5.88 Å². The number of hydrogen-bond donors (Lipinski definition) is 2. The van der Waals surface area contributed by atoms with Crippen molar-refractivity contribution in [1.29, 1.82) is 0 Å². The average molecular weight is 348 g/mol. The Labute approximate surface area is 142 Å². The quantitative estimate of drug-likeness (QED) is 0.731. The number of ether oxygens (including phenoxy) is 1. The second-order valence-electron chi connectivity index (χ2n) is 4.46. The third-order valence-electron chi connectivity index (χ3n) is 2.90. The molecular formula is C15H11Cl2N5O. The summed E-state index contributed by atoms with van der Waals surface area (Å²) >= 11 is 12.1. The number of hydrogen-bond acceptors (Lipinski definition) is 6. The number of pyridine rings is 1. The van der Waals surface area contributed by atoms with Crippen LogP contribution in [0.15, 0.2) is 49.1 Å². The molecule has 1 aromatic carbocycles. The summed E-state index contributed by atoms with van der Waals surface area (Å²) in [7, 11) is 0. The van der Waals surface area contributed by atoms with Crippen molar-refractivity contribution in [3.63, 3.8) is 0 Å². The van der Waals surface area contributed by atoms with Gasteiger partial charge in [-0.25, -0.2) is 4.98 Å². The zero-order chi connectivity index (χ0) is 16.2. The molecule has 23 heavy (non-hydrogen) atoms. The summed E-state index contributed by atoms with van der Waals surface area (Å²) < 4.78 is 5.60. The second kappa shape index (κ2) is 6.68. The minimum Gasteiger partial charge on any atom is -0.435 e. The number of aromatic nitrogens is 3. The highest BCUT2D eigenvalue weighted by Crippen LogP contribution is 2.35. The van der Waals surface area contributed by atoms with Gasteiger partial charge in [-0.3, -0.25) is 4.98 Å². The van der Waals surface area contributed by atoms with E-state index in [2.05, 4.69) is 20.3 Å². The Kier molecular flexibility index (Phi) is 4.45. The van der Waals surface area contributed by atoms with E-state index in [0.29, 0.717) is 27.3 Å². The van der Waals surface area contributed by atoms with Gasteiger partial charge in [0.25, 0.3) is 0 Å². The van der Waals surface area contributed by atoms with E-state index in [4.69, 9.17) is 33.7 Å². The maximum Gasteiger partial charge on any atom is 0.248 e. The zero-order valence-electron chi connectivity index (χ0n) is 11.7. The SMILES string of the molecule is Nc1c(Nc2cccc(Cl)c2Cl)ncnc1Oc1cccnc1. The molecule has 0 aliphatic carbocycles. The molecule has 3 rings (SSSR count). The molecule has 0 bridgehead atoms. The lowest BCUT2D eigenvalue weighted by Gasteiger charge is -2.12. The van der Waals surface area contributed by atoms with Crippen LogP contribution >= 0.6 is 23.2 Å². The predicted molar refractivity (Wildman–Crippen MR) is 90.5 cm³/mol. The fourth-order valence-corrected chi connectivity index (χ4v) is 2.16. The van der Waals surface area contributed by atoms with Gasteiger partial charge in [0.05, 0.1) is 21.9 Å². The number of nitrogens with two attached hydrogens (primary N) is 1. The minimum atomic E-state index is 0.216. The molecule has 2 heterocycles. The maximum absolute atomic E-state index is 6.15. The molecule has 0 saturated heterocycles. The third kappa shape index (κ3) is 3.44. The van der Waals surface area contributed by atoms with Crippen LogP contribution in [0.2, 0.25) is 10.0 Å². The van der Waals surface area contributed by atoms with Crippen molar-refractivity contribution in [3.8, 4) is 11.6 Å². The first-order valence-corrected chi connectivity index (χ1v) is 7.30. The van der Waals surface area contributed by atoms with Crippen molar-refractivity contribution in [3.05, 3.63) is 59.1 Å². The summed E-state index contributed by atoms with van der Waals surface area (Å²) in [5, 5.41) is 3.82. The van der Waals surface area contributed by atoms with Crippen LogP contribution in [0.3, 0.4) is 0 Å². The van der Waals surface area contributed by atoms with Crippen LogP contribution in [0.25, 0.3) is 0 Å². The van der Waals surface area contributed by atoms with Gasteiger partial charge in [-0.1, -0.05) is 29.3 Å². The molecule has 2 aromatic heterocycles. The number of nitrogen functional groups attached to an aromatic ring is 1. The lowest BCUT2D eigenvalue weighted by atomic mass is 10.3. The number of anilines is 3. The van der Waals surface area contributed by atoms with E-state index in [0.717, 1.165) is 0 Å². The average Bonchev–Trinajstić information content (AvgIpc) is 2.56. The Bertz CT molecular complexity index is 829. The highest BCUT2D eigenvalue weighted by molar-refractivity contribution is 6.43. The van der Waals surface area contributed by atoms with Gasteiger partial charge in [-0.15, -0.1) is 0 Å². The molecule has 116 valence electrons. The lowest BCUT2D eigenvalue weighted by molar-refractivity contribution is 0.462. The molecule has 0 atom stereocenters. The summed E-state index contributed by atoms with van der Waals surface area (Å²) in [5.41, 5.74) is 6.88. The van der Waals surface area contributed by atoms with Gasteiger partial charge < -0.3 is 15.8 Å². The smallest absolute Gasteiger partial charge is 0.248 e. The Morgan fingerprint density at radius 1 is 1.09 bits per heavy atom. The molecule has 0 aliphatic heterocycles. The van der Waals surface area contributed by atoms with E-state index in [1.165, 1.54) is 6.33 Å². The lowest BCUT2D eigenvalue weighted by Crippen LogP contribution is -2.03. The Morgan fingerprint density at radius 2 is 1.96 bits per heavy atom. The third-order valence-corrected chi connectivity index (χ3v) is 3.72. The van der Waals surface area contributed by atoms with E-state index < -0.39 is 0 Å².